The summed E-state index contributed by atoms with van der Waals surface area (Å²) in [6.07, 6.45) is 2.86. The van der Waals surface area contributed by atoms with Crippen molar-refractivity contribution in [2.75, 3.05) is 5.32 Å². The first-order valence-corrected chi connectivity index (χ1v) is 9.56. The second-order valence-corrected chi connectivity index (χ2v) is 7.22. The first-order valence-electron chi connectivity index (χ1n) is 8.02. The Balaban J connectivity index is 1.58. The van der Waals surface area contributed by atoms with Crippen molar-refractivity contribution >= 4 is 69.8 Å². The van der Waals surface area contributed by atoms with Gasteiger partial charge in [0.25, 0.3) is 0 Å². The standard InChI is InChI=1S/C20H13Cl3N2O2S/c21-13-6-4-12(5-7-13)17-10-8-14(27-17)9-11-18(26)25-20(28)24-16-3-1-2-15(22)19(16)23/h1-11H,(H2,24,25,26,28). The van der Waals surface area contributed by atoms with Gasteiger partial charge in [-0.3, -0.25) is 10.1 Å². The number of anilines is 1. The molecule has 0 radical (unpaired) electrons. The lowest BCUT2D eigenvalue weighted by molar-refractivity contribution is -0.115. The zero-order valence-corrected chi connectivity index (χ0v) is 17.3. The van der Waals surface area contributed by atoms with Gasteiger partial charge in [0.05, 0.1) is 15.7 Å². The Morgan fingerprint density at radius 2 is 1.75 bits per heavy atom. The zero-order valence-electron chi connectivity index (χ0n) is 14.2. The van der Waals surface area contributed by atoms with Crippen LogP contribution in [0, 0.1) is 0 Å². The number of halogens is 3. The molecule has 0 atom stereocenters. The van der Waals surface area contributed by atoms with Crippen LogP contribution < -0.4 is 10.6 Å². The van der Waals surface area contributed by atoms with Crippen LogP contribution in [0.5, 0.6) is 0 Å². The predicted octanol–water partition coefficient (Wildman–Crippen LogP) is 6.43. The van der Waals surface area contributed by atoms with Crippen molar-refractivity contribution in [3.63, 3.8) is 0 Å². The summed E-state index contributed by atoms with van der Waals surface area (Å²) in [4.78, 5) is 12.0. The zero-order chi connectivity index (χ0) is 20.1. The van der Waals surface area contributed by atoms with E-state index in [1.54, 1.807) is 42.5 Å². The quantitative estimate of drug-likeness (QED) is 0.354. The van der Waals surface area contributed by atoms with Crippen LogP contribution in [0.1, 0.15) is 5.76 Å². The maximum absolute atomic E-state index is 12.0. The molecule has 0 saturated carbocycles. The van der Waals surface area contributed by atoms with Gasteiger partial charge < -0.3 is 9.73 Å². The number of hydrogen-bond donors (Lipinski definition) is 2. The molecule has 0 spiro atoms. The van der Waals surface area contributed by atoms with Gasteiger partial charge in [-0.15, -0.1) is 0 Å². The largest absolute Gasteiger partial charge is 0.457 e. The molecule has 0 aliphatic rings. The minimum Gasteiger partial charge on any atom is -0.457 e. The van der Waals surface area contributed by atoms with E-state index in [2.05, 4.69) is 10.6 Å². The molecule has 1 heterocycles. The Hall–Kier alpha value is -2.31. The Bertz CT molecular complexity index is 1050. The van der Waals surface area contributed by atoms with Crippen molar-refractivity contribution in [3.05, 3.63) is 81.5 Å². The molecule has 0 bridgehead atoms. The van der Waals surface area contributed by atoms with Crippen LogP contribution in [0.15, 0.2) is 65.1 Å². The summed E-state index contributed by atoms with van der Waals surface area (Å²) >= 11 is 23.0. The lowest BCUT2D eigenvalue weighted by Gasteiger charge is -2.10. The summed E-state index contributed by atoms with van der Waals surface area (Å²) in [6, 6.07) is 15.9. The number of rotatable bonds is 4. The van der Waals surface area contributed by atoms with Crippen LogP contribution >= 0.6 is 47.0 Å². The van der Waals surface area contributed by atoms with Gasteiger partial charge in [-0.05, 0) is 66.8 Å². The van der Waals surface area contributed by atoms with Gasteiger partial charge in [-0.25, -0.2) is 0 Å². The molecular weight excluding hydrogens is 439 g/mol. The molecule has 28 heavy (non-hydrogen) atoms. The molecule has 0 saturated heterocycles. The fourth-order valence-electron chi connectivity index (χ4n) is 2.28. The van der Waals surface area contributed by atoms with Crippen molar-refractivity contribution in [2.45, 2.75) is 0 Å². The molecule has 3 rings (SSSR count). The number of nitrogens with one attached hydrogen (secondary N) is 2. The Kier molecular flexibility index (Phi) is 6.75. The van der Waals surface area contributed by atoms with Gasteiger partial charge >= 0.3 is 0 Å². The lowest BCUT2D eigenvalue weighted by atomic mass is 10.2. The van der Waals surface area contributed by atoms with E-state index in [4.69, 9.17) is 51.4 Å². The normalized spacial score (nSPS) is 10.8. The highest BCUT2D eigenvalue weighted by molar-refractivity contribution is 7.80. The Morgan fingerprint density at radius 1 is 1.00 bits per heavy atom. The van der Waals surface area contributed by atoms with E-state index in [9.17, 15) is 4.79 Å². The molecule has 0 unspecified atom stereocenters. The van der Waals surface area contributed by atoms with Crippen molar-refractivity contribution in [2.24, 2.45) is 0 Å². The van der Waals surface area contributed by atoms with Crippen molar-refractivity contribution in [1.29, 1.82) is 0 Å². The van der Waals surface area contributed by atoms with Gasteiger partial charge in [-0.2, -0.15) is 0 Å². The smallest absolute Gasteiger partial charge is 0.250 e. The van der Waals surface area contributed by atoms with Gasteiger partial charge in [0.2, 0.25) is 5.91 Å². The molecule has 4 nitrogen and oxygen atoms in total. The first kappa shape index (κ1) is 20.4. The molecule has 2 N–H and O–H groups in total. The number of benzene rings is 2. The highest BCUT2D eigenvalue weighted by Crippen LogP contribution is 2.29. The van der Waals surface area contributed by atoms with Crippen molar-refractivity contribution < 1.29 is 9.21 Å². The third kappa shape index (κ3) is 5.36. The van der Waals surface area contributed by atoms with E-state index in [-0.39, 0.29) is 5.11 Å². The highest BCUT2D eigenvalue weighted by atomic mass is 35.5. The molecule has 1 amide bonds. The number of hydrogen-bond acceptors (Lipinski definition) is 3. The van der Waals surface area contributed by atoms with Gasteiger partial charge in [0.15, 0.2) is 5.11 Å². The van der Waals surface area contributed by atoms with E-state index in [0.717, 1.165) is 5.56 Å². The molecule has 0 aliphatic heterocycles. The number of thiocarbonyl (C=S) groups is 1. The summed E-state index contributed by atoms with van der Waals surface area (Å²) in [6.45, 7) is 0. The van der Waals surface area contributed by atoms with Crippen molar-refractivity contribution in [3.8, 4) is 11.3 Å². The maximum Gasteiger partial charge on any atom is 0.250 e. The molecule has 0 aliphatic carbocycles. The molecular formula is C20H13Cl3N2O2S. The van der Waals surface area contributed by atoms with Crippen LogP contribution in [0.4, 0.5) is 5.69 Å². The van der Waals surface area contributed by atoms with Gasteiger partial charge in [0, 0.05) is 16.7 Å². The fourth-order valence-corrected chi connectivity index (χ4v) is 2.96. The number of carbonyl (C=O) groups excluding carboxylic acids is 1. The summed E-state index contributed by atoms with van der Waals surface area (Å²) in [5.41, 5.74) is 1.39. The third-order valence-electron chi connectivity index (χ3n) is 3.59. The minimum absolute atomic E-state index is 0.0973. The fraction of sp³-hybridized carbons (Fsp3) is 0. The highest BCUT2D eigenvalue weighted by Gasteiger charge is 2.08. The average Bonchev–Trinajstić information content (AvgIpc) is 3.13. The Morgan fingerprint density at radius 3 is 2.50 bits per heavy atom. The van der Waals surface area contributed by atoms with Gasteiger partial charge in [-0.1, -0.05) is 40.9 Å². The van der Waals surface area contributed by atoms with Gasteiger partial charge in [0.1, 0.15) is 11.5 Å². The van der Waals surface area contributed by atoms with E-state index in [1.165, 1.54) is 6.08 Å². The van der Waals surface area contributed by atoms with Crippen LogP contribution in [0.3, 0.4) is 0 Å². The molecule has 8 heteroatoms. The second kappa shape index (κ2) is 9.26. The maximum atomic E-state index is 12.0. The van der Waals surface area contributed by atoms with Crippen molar-refractivity contribution in [1.82, 2.24) is 5.32 Å². The molecule has 3 aromatic rings. The first-order chi connectivity index (χ1) is 13.4. The third-order valence-corrected chi connectivity index (χ3v) is 4.87. The molecule has 142 valence electrons. The molecule has 0 fully saturated rings. The summed E-state index contributed by atoms with van der Waals surface area (Å²) in [5.74, 6) is 0.779. The van der Waals surface area contributed by atoms with E-state index < -0.39 is 5.91 Å². The van der Waals surface area contributed by atoms with Crippen LogP contribution in [-0.4, -0.2) is 11.0 Å². The van der Waals surface area contributed by atoms with Crippen LogP contribution in [0.2, 0.25) is 15.1 Å². The summed E-state index contributed by atoms with van der Waals surface area (Å²) in [5, 5.41) is 6.80. The SMILES string of the molecule is O=C(C=Cc1ccc(-c2ccc(Cl)cc2)o1)NC(=S)Nc1cccc(Cl)c1Cl. The number of carbonyl (C=O) groups is 1. The topological polar surface area (TPSA) is 54.3 Å². The number of furan rings is 1. The summed E-state index contributed by atoms with van der Waals surface area (Å²) < 4.78 is 5.70. The Labute approximate surface area is 182 Å². The van der Waals surface area contributed by atoms with Crippen LogP contribution in [-0.2, 0) is 4.79 Å². The molecule has 1 aromatic heterocycles. The average molecular weight is 452 g/mol. The minimum atomic E-state index is -0.417. The monoisotopic (exact) mass is 450 g/mol. The summed E-state index contributed by atoms with van der Waals surface area (Å²) in [7, 11) is 0. The predicted molar refractivity (Wildman–Crippen MR) is 119 cm³/mol. The van der Waals surface area contributed by atoms with E-state index >= 15 is 0 Å². The van der Waals surface area contributed by atoms with E-state index in [0.29, 0.717) is 32.3 Å². The van der Waals surface area contributed by atoms with Crippen LogP contribution in [0.25, 0.3) is 17.4 Å². The lowest BCUT2D eigenvalue weighted by Crippen LogP contribution is -2.32. The molecule has 2 aromatic carbocycles. The number of amides is 1. The van der Waals surface area contributed by atoms with E-state index in [1.807, 2.05) is 18.2 Å². The second-order valence-electron chi connectivity index (χ2n) is 5.59.